The Morgan fingerprint density at radius 1 is 1.06 bits per heavy atom. The second-order valence-corrected chi connectivity index (χ2v) is 8.01. The molecule has 1 fully saturated rings. The van der Waals surface area contributed by atoms with E-state index >= 15 is 0 Å². The molecule has 0 aromatic heterocycles. The quantitative estimate of drug-likeness (QED) is 0.588. The van der Waals surface area contributed by atoms with Crippen LogP contribution in [0.5, 0.6) is 0 Å². The van der Waals surface area contributed by atoms with Gasteiger partial charge in [-0.05, 0) is 34.8 Å². The molecule has 0 heterocycles. The van der Waals surface area contributed by atoms with Crippen LogP contribution in [0.1, 0.15) is 69.3 Å². The van der Waals surface area contributed by atoms with Crippen molar-refractivity contribution in [1.29, 1.82) is 0 Å². The van der Waals surface area contributed by atoms with Gasteiger partial charge in [-0.25, -0.2) is 0 Å². The molecule has 0 bridgehead atoms. The van der Waals surface area contributed by atoms with Gasteiger partial charge in [0, 0.05) is 4.83 Å². The third-order valence-corrected chi connectivity index (χ3v) is 6.06. The summed E-state index contributed by atoms with van der Waals surface area (Å²) in [4.78, 5) is 0.501. The smallest absolute Gasteiger partial charge is 0.0448 e. The topological polar surface area (TPSA) is 0 Å². The Hall–Kier alpha value is -0.300. The van der Waals surface area contributed by atoms with E-state index < -0.39 is 0 Å². The number of hydrogen-bond acceptors (Lipinski definition) is 0. The summed E-state index contributed by atoms with van der Waals surface area (Å²) in [7, 11) is 0. The van der Waals surface area contributed by atoms with Crippen LogP contribution in [0, 0.1) is 5.41 Å². The lowest BCUT2D eigenvalue weighted by Crippen LogP contribution is -2.18. The van der Waals surface area contributed by atoms with E-state index in [1.807, 2.05) is 0 Å². The Morgan fingerprint density at radius 3 is 2.00 bits per heavy atom. The second-order valence-electron chi connectivity index (χ2n) is 7.10. The molecule has 1 saturated carbocycles. The van der Waals surface area contributed by atoms with Crippen LogP contribution in [0.4, 0.5) is 0 Å². The molecule has 0 amide bonds. The molecule has 0 spiro atoms. The summed E-state index contributed by atoms with van der Waals surface area (Å²) in [5, 5.41) is 0. The Labute approximate surface area is 120 Å². The first-order chi connectivity index (χ1) is 8.33. The van der Waals surface area contributed by atoms with E-state index in [0.29, 0.717) is 10.2 Å². The van der Waals surface area contributed by atoms with E-state index in [1.54, 1.807) is 0 Å². The SMILES string of the molecule is CC(C)(C)c1ccc(C(Br)C2(C)CCCC2)cc1. The first-order valence-electron chi connectivity index (χ1n) is 7.07. The number of halogens is 1. The van der Waals surface area contributed by atoms with Crippen molar-refractivity contribution >= 4 is 15.9 Å². The van der Waals surface area contributed by atoms with Crippen LogP contribution in [0.2, 0.25) is 0 Å². The van der Waals surface area contributed by atoms with E-state index in [0.717, 1.165) is 0 Å². The molecule has 1 heteroatoms. The van der Waals surface area contributed by atoms with Crippen molar-refractivity contribution in [3.63, 3.8) is 0 Å². The molecule has 1 aliphatic rings. The average molecular weight is 309 g/mol. The Bertz CT molecular complexity index is 391. The summed E-state index contributed by atoms with van der Waals surface area (Å²) in [5.74, 6) is 0. The number of benzene rings is 1. The first-order valence-corrected chi connectivity index (χ1v) is 7.99. The fraction of sp³-hybridized carbons (Fsp3) is 0.647. The van der Waals surface area contributed by atoms with E-state index in [9.17, 15) is 0 Å². The van der Waals surface area contributed by atoms with Gasteiger partial charge in [0.05, 0.1) is 0 Å². The second kappa shape index (κ2) is 5.00. The molecule has 1 aliphatic carbocycles. The standard InChI is InChI=1S/C17H25Br/c1-16(2,3)14-9-7-13(8-10-14)15(18)17(4)11-5-6-12-17/h7-10,15H,5-6,11-12H2,1-4H3. The van der Waals surface area contributed by atoms with Gasteiger partial charge in [-0.1, -0.05) is 80.7 Å². The lowest BCUT2D eigenvalue weighted by molar-refractivity contribution is 0.331. The van der Waals surface area contributed by atoms with E-state index in [-0.39, 0.29) is 5.41 Å². The minimum atomic E-state index is 0.248. The number of rotatable bonds is 2. The van der Waals surface area contributed by atoms with E-state index in [2.05, 4.69) is 67.9 Å². The molecule has 2 rings (SSSR count). The zero-order valence-electron chi connectivity index (χ0n) is 12.1. The van der Waals surface area contributed by atoms with Crippen LogP contribution >= 0.6 is 15.9 Å². The van der Waals surface area contributed by atoms with Crippen molar-refractivity contribution in [3.05, 3.63) is 35.4 Å². The fourth-order valence-corrected chi connectivity index (χ4v) is 3.75. The summed E-state index contributed by atoms with van der Waals surface area (Å²) in [6, 6.07) is 9.21. The highest BCUT2D eigenvalue weighted by Crippen LogP contribution is 2.51. The maximum atomic E-state index is 3.94. The van der Waals surface area contributed by atoms with Gasteiger partial charge >= 0.3 is 0 Å². The van der Waals surface area contributed by atoms with Gasteiger partial charge in [-0.3, -0.25) is 0 Å². The molecule has 18 heavy (non-hydrogen) atoms. The Kier molecular flexibility index (Phi) is 3.92. The molecule has 0 aliphatic heterocycles. The summed E-state index contributed by atoms with van der Waals surface area (Å²) < 4.78 is 0. The van der Waals surface area contributed by atoms with Gasteiger partial charge in [-0.2, -0.15) is 0 Å². The predicted molar refractivity (Wildman–Crippen MR) is 83.4 cm³/mol. The molecular weight excluding hydrogens is 284 g/mol. The molecule has 1 aromatic carbocycles. The summed E-state index contributed by atoms with van der Waals surface area (Å²) in [6.07, 6.45) is 5.48. The van der Waals surface area contributed by atoms with Crippen LogP contribution in [0.15, 0.2) is 24.3 Å². The summed E-state index contributed by atoms with van der Waals surface area (Å²) in [5.41, 5.74) is 3.55. The molecule has 0 saturated heterocycles. The van der Waals surface area contributed by atoms with Crippen molar-refractivity contribution in [1.82, 2.24) is 0 Å². The van der Waals surface area contributed by atoms with Crippen molar-refractivity contribution in [2.24, 2.45) is 5.41 Å². The van der Waals surface area contributed by atoms with E-state index in [4.69, 9.17) is 0 Å². The largest absolute Gasteiger partial charge is 0.0833 e. The normalized spacial score (nSPS) is 20.9. The predicted octanol–water partition coefficient (Wildman–Crippen LogP) is 6.00. The summed E-state index contributed by atoms with van der Waals surface area (Å²) >= 11 is 3.94. The maximum absolute atomic E-state index is 3.94. The fourth-order valence-electron chi connectivity index (χ4n) is 2.99. The molecule has 0 radical (unpaired) electrons. The molecule has 100 valence electrons. The highest BCUT2D eigenvalue weighted by Gasteiger charge is 2.36. The van der Waals surface area contributed by atoms with Crippen molar-refractivity contribution < 1.29 is 0 Å². The van der Waals surface area contributed by atoms with Gasteiger partial charge in [0.15, 0.2) is 0 Å². The molecule has 1 unspecified atom stereocenters. The molecular formula is C17H25Br. The third kappa shape index (κ3) is 2.82. The van der Waals surface area contributed by atoms with Gasteiger partial charge in [0.25, 0.3) is 0 Å². The van der Waals surface area contributed by atoms with Gasteiger partial charge < -0.3 is 0 Å². The minimum absolute atomic E-state index is 0.248. The van der Waals surface area contributed by atoms with E-state index in [1.165, 1.54) is 36.8 Å². The molecule has 0 N–H and O–H groups in total. The van der Waals surface area contributed by atoms with Gasteiger partial charge in [0.1, 0.15) is 0 Å². The first kappa shape index (κ1) is 14.1. The number of alkyl halides is 1. The van der Waals surface area contributed by atoms with Crippen LogP contribution < -0.4 is 0 Å². The van der Waals surface area contributed by atoms with Crippen LogP contribution in [0.25, 0.3) is 0 Å². The molecule has 0 nitrogen and oxygen atoms in total. The lowest BCUT2D eigenvalue weighted by Gasteiger charge is -2.30. The highest BCUT2D eigenvalue weighted by atomic mass is 79.9. The van der Waals surface area contributed by atoms with Gasteiger partial charge in [0.2, 0.25) is 0 Å². The zero-order valence-corrected chi connectivity index (χ0v) is 13.7. The summed E-state index contributed by atoms with van der Waals surface area (Å²) in [6.45, 7) is 9.24. The van der Waals surface area contributed by atoms with Crippen molar-refractivity contribution in [2.45, 2.75) is 63.6 Å². The highest BCUT2D eigenvalue weighted by molar-refractivity contribution is 9.09. The van der Waals surface area contributed by atoms with Crippen LogP contribution in [-0.4, -0.2) is 0 Å². The third-order valence-electron chi connectivity index (χ3n) is 4.43. The zero-order chi connectivity index (χ0) is 13.4. The maximum Gasteiger partial charge on any atom is 0.0448 e. The monoisotopic (exact) mass is 308 g/mol. The van der Waals surface area contributed by atoms with Crippen LogP contribution in [0.3, 0.4) is 0 Å². The van der Waals surface area contributed by atoms with Crippen molar-refractivity contribution in [2.75, 3.05) is 0 Å². The van der Waals surface area contributed by atoms with Crippen LogP contribution in [-0.2, 0) is 5.41 Å². The molecule has 1 aromatic rings. The lowest BCUT2D eigenvalue weighted by atomic mass is 9.80. The molecule has 1 atom stereocenters. The average Bonchev–Trinajstić information content (AvgIpc) is 2.75. The van der Waals surface area contributed by atoms with Gasteiger partial charge in [-0.15, -0.1) is 0 Å². The Morgan fingerprint density at radius 2 is 1.56 bits per heavy atom. The number of hydrogen-bond donors (Lipinski definition) is 0. The minimum Gasteiger partial charge on any atom is -0.0833 e. The van der Waals surface area contributed by atoms with Crippen molar-refractivity contribution in [3.8, 4) is 0 Å². The Balaban J connectivity index is 2.19.